The van der Waals surface area contributed by atoms with Gasteiger partial charge in [-0.05, 0) is 38.4 Å². The molecule has 74 valence electrons. The van der Waals surface area contributed by atoms with E-state index in [9.17, 15) is 0 Å². The van der Waals surface area contributed by atoms with E-state index in [1.807, 2.05) is 0 Å². The lowest BCUT2D eigenvalue weighted by Crippen LogP contribution is -2.29. The predicted molar refractivity (Wildman–Crippen MR) is 58.0 cm³/mol. The third-order valence-corrected chi connectivity index (χ3v) is 2.87. The van der Waals surface area contributed by atoms with Crippen LogP contribution in [-0.4, -0.2) is 27.5 Å². The topological polar surface area (TPSA) is 38.0 Å². The van der Waals surface area contributed by atoms with Crippen LogP contribution in [0.2, 0.25) is 5.82 Å². The maximum Gasteiger partial charge on any atom is 0.0734 e. The van der Waals surface area contributed by atoms with Crippen LogP contribution >= 0.6 is 0 Å². The van der Waals surface area contributed by atoms with E-state index in [1.165, 1.54) is 32.1 Å². The number of hydrogen-bond donors (Lipinski definition) is 2. The second-order valence-corrected chi connectivity index (χ2v) is 4.16. The number of rotatable bonds is 5. The summed E-state index contributed by atoms with van der Waals surface area (Å²) in [6.07, 6.45) is 7.04. The molecule has 3 N–H and O–H groups in total. The van der Waals surface area contributed by atoms with E-state index in [2.05, 4.69) is 5.32 Å². The number of hydrogen-bond acceptors (Lipinski definition) is 2. The van der Waals surface area contributed by atoms with Crippen molar-refractivity contribution in [1.82, 2.24) is 5.32 Å². The average molecular weight is 180 g/mol. The molecule has 3 heteroatoms. The smallest absolute Gasteiger partial charge is 0.0734 e. The molecule has 0 heterocycles. The molecule has 1 unspecified atom stereocenters. The van der Waals surface area contributed by atoms with Gasteiger partial charge in [-0.3, -0.25) is 0 Å². The molecular formula is C10H21BN2. The highest BCUT2D eigenvalue weighted by atomic mass is 14.9. The third-order valence-electron chi connectivity index (χ3n) is 2.87. The highest BCUT2D eigenvalue weighted by Gasteiger charge is 2.12. The maximum atomic E-state index is 5.70. The quantitative estimate of drug-likeness (QED) is 0.621. The lowest BCUT2D eigenvalue weighted by atomic mass is 9.86. The highest BCUT2D eigenvalue weighted by Crippen LogP contribution is 2.22. The van der Waals surface area contributed by atoms with Crippen LogP contribution < -0.4 is 11.1 Å². The Morgan fingerprint density at radius 3 is 2.62 bits per heavy atom. The van der Waals surface area contributed by atoms with Gasteiger partial charge in [0.25, 0.3) is 0 Å². The summed E-state index contributed by atoms with van der Waals surface area (Å²) in [5.74, 6) is 1.02. The highest BCUT2D eigenvalue weighted by molar-refractivity contribution is 6.12. The molecule has 1 aliphatic carbocycles. The molecule has 0 bridgehead atoms. The van der Waals surface area contributed by atoms with Crippen molar-refractivity contribution in [3.8, 4) is 0 Å². The molecule has 0 amide bonds. The van der Waals surface area contributed by atoms with Crippen LogP contribution in [0.3, 0.4) is 0 Å². The fraction of sp³-hybridized carbons (Fsp3) is 1.00. The molecule has 1 fully saturated rings. The summed E-state index contributed by atoms with van der Waals surface area (Å²) in [6.45, 7) is 2.58. The van der Waals surface area contributed by atoms with Crippen molar-refractivity contribution >= 4 is 7.85 Å². The number of nitrogens with one attached hydrogen (secondary N) is 1. The van der Waals surface area contributed by atoms with E-state index < -0.39 is 0 Å². The van der Waals surface area contributed by atoms with E-state index in [0.717, 1.165) is 19.0 Å². The van der Waals surface area contributed by atoms with Crippen molar-refractivity contribution < 1.29 is 0 Å². The zero-order chi connectivity index (χ0) is 9.52. The van der Waals surface area contributed by atoms with Crippen molar-refractivity contribution in [2.75, 3.05) is 19.6 Å². The van der Waals surface area contributed by atoms with Crippen molar-refractivity contribution in [2.24, 2.45) is 11.7 Å². The Hall–Kier alpha value is -0.0151. The van der Waals surface area contributed by atoms with Crippen molar-refractivity contribution in [1.29, 1.82) is 0 Å². The third kappa shape index (κ3) is 4.68. The Balaban J connectivity index is 1.98. The van der Waals surface area contributed by atoms with Crippen LogP contribution in [0.5, 0.6) is 0 Å². The van der Waals surface area contributed by atoms with Crippen LogP contribution in [-0.2, 0) is 0 Å². The molecule has 0 aromatic heterocycles. The lowest BCUT2D eigenvalue weighted by Gasteiger charge is -2.22. The molecule has 1 aliphatic rings. The summed E-state index contributed by atoms with van der Waals surface area (Å²) >= 11 is 0. The first kappa shape index (κ1) is 11.1. The zero-order valence-electron chi connectivity index (χ0n) is 8.47. The van der Waals surface area contributed by atoms with Gasteiger partial charge in [-0.25, -0.2) is 0 Å². The minimum Gasteiger partial charge on any atom is -0.331 e. The van der Waals surface area contributed by atoms with E-state index in [1.54, 1.807) is 0 Å². The van der Waals surface area contributed by atoms with Crippen LogP contribution in [0.25, 0.3) is 0 Å². The summed E-state index contributed by atoms with van der Waals surface area (Å²) in [4.78, 5) is 0. The minimum atomic E-state index is 0.128. The SMILES string of the molecule is [B]C(CN)CNCC1CCCCC1. The van der Waals surface area contributed by atoms with Crippen LogP contribution in [0.4, 0.5) is 0 Å². The maximum absolute atomic E-state index is 5.70. The van der Waals surface area contributed by atoms with Gasteiger partial charge in [-0.1, -0.05) is 25.1 Å². The van der Waals surface area contributed by atoms with Gasteiger partial charge < -0.3 is 11.1 Å². The largest absolute Gasteiger partial charge is 0.331 e. The zero-order valence-corrected chi connectivity index (χ0v) is 8.47. The molecule has 0 aliphatic heterocycles. The van der Waals surface area contributed by atoms with Gasteiger partial charge in [0.2, 0.25) is 0 Å². The lowest BCUT2D eigenvalue weighted by molar-refractivity contribution is 0.342. The van der Waals surface area contributed by atoms with Gasteiger partial charge >= 0.3 is 0 Å². The molecule has 1 atom stereocenters. The fourth-order valence-electron chi connectivity index (χ4n) is 1.95. The van der Waals surface area contributed by atoms with Gasteiger partial charge in [0.05, 0.1) is 7.85 Å². The van der Waals surface area contributed by atoms with Crippen LogP contribution in [0.15, 0.2) is 0 Å². The molecule has 0 saturated heterocycles. The summed E-state index contributed by atoms with van der Waals surface area (Å²) < 4.78 is 0. The van der Waals surface area contributed by atoms with Gasteiger partial charge in [0.1, 0.15) is 0 Å². The Morgan fingerprint density at radius 2 is 2.00 bits per heavy atom. The fourth-order valence-corrected chi connectivity index (χ4v) is 1.95. The van der Waals surface area contributed by atoms with Gasteiger partial charge in [-0.15, -0.1) is 0 Å². The molecule has 13 heavy (non-hydrogen) atoms. The molecule has 0 aromatic rings. The molecule has 1 saturated carbocycles. The van der Waals surface area contributed by atoms with Crippen molar-refractivity contribution in [3.63, 3.8) is 0 Å². The predicted octanol–water partition coefficient (Wildman–Crippen LogP) is 1.07. The normalized spacial score (nSPS) is 21.6. The Labute approximate surface area is 83.1 Å². The molecule has 0 spiro atoms. The molecular weight excluding hydrogens is 159 g/mol. The monoisotopic (exact) mass is 180 g/mol. The van der Waals surface area contributed by atoms with Crippen LogP contribution in [0.1, 0.15) is 32.1 Å². The van der Waals surface area contributed by atoms with Gasteiger partial charge in [0, 0.05) is 0 Å². The van der Waals surface area contributed by atoms with Crippen molar-refractivity contribution in [3.05, 3.63) is 0 Å². The number of nitrogens with two attached hydrogens (primary N) is 1. The summed E-state index contributed by atoms with van der Waals surface area (Å²) in [5, 5.41) is 3.40. The standard InChI is InChI=1S/C10H21BN2/c11-10(6-12)8-13-7-9-4-2-1-3-5-9/h9-10,13H,1-8,12H2. The molecule has 1 rings (SSSR count). The van der Waals surface area contributed by atoms with E-state index in [4.69, 9.17) is 13.6 Å². The molecule has 2 radical (unpaired) electrons. The Kier molecular flexibility index (Phi) is 5.48. The molecule has 0 aromatic carbocycles. The van der Waals surface area contributed by atoms with Gasteiger partial charge in [-0.2, -0.15) is 0 Å². The van der Waals surface area contributed by atoms with Crippen molar-refractivity contribution in [2.45, 2.75) is 37.9 Å². The summed E-state index contributed by atoms with van der Waals surface area (Å²) in [5.41, 5.74) is 5.43. The van der Waals surface area contributed by atoms with E-state index in [0.29, 0.717) is 6.54 Å². The first-order chi connectivity index (χ1) is 6.33. The first-order valence-corrected chi connectivity index (χ1v) is 5.49. The average Bonchev–Trinajstić information content (AvgIpc) is 2.19. The summed E-state index contributed by atoms with van der Waals surface area (Å²) in [7, 11) is 5.70. The first-order valence-electron chi connectivity index (χ1n) is 5.49. The van der Waals surface area contributed by atoms with Gasteiger partial charge in [0.15, 0.2) is 0 Å². The van der Waals surface area contributed by atoms with E-state index in [-0.39, 0.29) is 5.82 Å². The molecule has 2 nitrogen and oxygen atoms in total. The second kappa shape index (κ2) is 6.44. The second-order valence-electron chi connectivity index (χ2n) is 4.16. The Bertz CT molecular complexity index is 124. The van der Waals surface area contributed by atoms with Crippen LogP contribution in [0, 0.1) is 5.92 Å². The van der Waals surface area contributed by atoms with E-state index >= 15 is 0 Å². The summed E-state index contributed by atoms with van der Waals surface area (Å²) in [6, 6.07) is 0. The minimum absolute atomic E-state index is 0.128. The Morgan fingerprint density at radius 1 is 1.31 bits per heavy atom.